The fourth-order valence-electron chi connectivity index (χ4n) is 2.24. The van der Waals surface area contributed by atoms with Crippen molar-refractivity contribution in [3.8, 4) is 5.75 Å². The number of rotatable bonds is 4. The maximum absolute atomic E-state index is 13.0. The summed E-state index contributed by atoms with van der Waals surface area (Å²) in [6.07, 6.45) is 4.76. The molecule has 2 N–H and O–H groups in total. The van der Waals surface area contributed by atoms with Gasteiger partial charge in [0, 0.05) is 5.46 Å². The molecule has 3 nitrogen and oxygen atoms in total. The lowest BCUT2D eigenvalue weighted by atomic mass is 9.79. The first-order valence-corrected chi connectivity index (χ1v) is 5.95. The molecule has 0 aliphatic heterocycles. The third-order valence-electron chi connectivity index (χ3n) is 3.20. The number of halogens is 1. The Bertz CT molecular complexity index is 378. The topological polar surface area (TPSA) is 49.7 Å². The smallest absolute Gasteiger partial charge is 0.492 e. The normalized spacial score (nSPS) is 16.2. The van der Waals surface area contributed by atoms with Gasteiger partial charge in [-0.3, -0.25) is 0 Å². The summed E-state index contributed by atoms with van der Waals surface area (Å²) in [5, 5.41) is 18.3. The number of hydrogen-bond acceptors (Lipinski definition) is 3. The summed E-state index contributed by atoms with van der Waals surface area (Å²) in [4.78, 5) is 0. The minimum absolute atomic E-state index is 0.0861. The van der Waals surface area contributed by atoms with Crippen LogP contribution >= 0.6 is 0 Å². The standard InChI is InChI=1S/C12H16BFO3/c14-10-5-6-12(11(7-10)13(15)16)17-8-9-3-1-2-4-9/h5-7,9,15-16H,1-4,8H2. The lowest BCUT2D eigenvalue weighted by Gasteiger charge is -2.14. The van der Waals surface area contributed by atoms with Gasteiger partial charge in [0.1, 0.15) is 11.6 Å². The van der Waals surface area contributed by atoms with Gasteiger partial charge < -0.3 is 14.8 Å². The van der Waals surface area contributed by atoms with E-state index in [9.17, 15) is 4.39 Å². The van der Waals surface area contributed by atoms with Crippen LogP contribution < -0.4 is 10.2 Å². The van der Waals surface area contributed by atoms with Crippen LogP contribution in [-0.2, 0) is 0 Å². The van der Waals surface area contributed by atoms with Crippen LogP contribution in [0.15, 0.2) is 18.2 Å². The van der Waals surface area contributed by atoms with Crippen molar-refractivity contribution in [3.05, 3.63) is 24.0 Å². The Kier molecular flexibility index (Phi) is 4.02. The third-order valence-corrected chi connectivity index (χ3v) is 3.20. The van der Waals surface area contributed by atoms with Gasteiger partial charge in [0.05, 0.1) is 6.61 Å². The maximum atomic E-state index is 13.0. The Morgan fingerprint density at radius 3 is 2.65 bits per heavy atom. The Hall–Kier alpha value is -1.07. The molecule has 0 unspecified atom stereocenters. The molecular weight excluding hydrogens is 222 g/mol. The van der Waals surface area contributed by atoms with Crippen molar-refractivity contribution in [2.24, 2.45) is 5.92 Å². The minimum atomic E-state index is -1.70. The molecule has 0 spiro atoms. The first kappa shape index (κ1) is 12.4. The molecule has 0 bridgehead atoms. The van der Waals surface area contributed by atoms with Gasteiger partial charge in [-0.1, -0.05) is 12.8 Å². The predicted octanol–water partition coefficient (Wildman–Crippen LogP) is 1.07. The SMILES string of the molecule is OB(O)c1cc(F)ccc1OCC1CCCC1. The van der Waals surface area contributed by atoms with Crippen LogP contribution in [-0.4, -0.2) is 23.8 Å². The molecule has 17 heavy (non-hydrogen) atoms. The van der Waals surface area contributed by atoms with Crippen molar-refractivity contribution in [2.75, 3.05) is 6.61 Å². The minimum Gasteiger partial charge on any atom is -0.494 e. The van der Waals surface area contributed by atoms with Crippen molar-refractivity contribution in [1.82, 2.24) is 0 Å². The monoisotopic (exact) mass is 238 g/mol. The summed E-state index contributed by atoms with van der Waals surface area (Å²) in [5.74, 6) is 0.387. The molecule has 0 heterocycles. The van der Waals surface area contributed by atoms with E-state index in [1.54, 1.807) is 0 Å². The highest BCUT2D eigenvalue weighted by Crippen LogP contribution is 2.25. The van der Waals surface area contributed by atoms with E-state index in [1.807, 2.05) is 0 Å². The summed E-state index contributed by atoms with van der Waals surface area (Å²) in [5.41, 5.74) is 0.0861. The van der Waals surface area contributed by atoms with Crippen LogP contribution in [0.1, 0.15) is 25.7 Å². The molecule has 5 heteroatoms. The van der Waals surface area contributed by atoms with Crippen LogP contribution in [0.3, 0.4) is 0 Å². The van der Waals surface area contributed by atoms with E-state index >= 15 is 0 Å². The van der Waals surface area contributed by atoms with E-state index in [0.29, 0.717) is 18.3 Å². The van der Waals surface area contributed by atoms with Gasteiger partial charge in [-0.15, -0.1) is 0 Å². The number of hydrogen-bond donors (Lipinski definition) is 2. The zero-order valence-corrected chi connectivity index (χ0v) is 9.60. The maximum Gasteiger partial charge on any atom is 0.492 e. The average molecular weight is 238 g/mol. The largest absolute Gasteiger partial charge is 0.494 e. The highest BCUT2D eigenvalue weighted by molar-refractivity contribution is 6.59. The zero-order chi connectivity index (χ0) is 12.3. The van der Waals surface area contributed by atoms with E-state index in [1.165, 1.54) is 25.0 Å². The highest BCUT2D eigenvalue weighted by Gasteiger charge is 2.20. The molecule has 0 amide bonds. The summed E-state index contributed by atoms with van der Waals surface area (Å²) in [6, 6.07) is 3.80. The molecule has 0 radical (unpaired) electrons. The van der Waals surface area contributed by atoms with E-state index in [-0.39, 0.29) is 5.46 Å². The molecule has 0 atom stereocenters. The van der Waals surface area contributed by atoms with Crippen LogP contribution in [0.5, 0.6) is 5.75 Å². The second kappa shape index (κ2) is 5.51. The first-order chi connectivity index (χ1) is 8.16. The summed E-state index contributed by atoms with van der Waals surface area (Å²) >= 11 is 0. The molecule has 0 saturated heterocycles. The molecule has 2 rings (SSSR count). The van der Waals surface area contributed by atoms with Crippen LogP contribution in [0.25, 0.3) is 0 Å². The fourth-order valence-corrected chi connectivity index (χ4v) is 2.24. The van der Waals surface area contributed by atoms with Gasteiger partial charge in [0.15, 0.2) is 0 Å². The van der Waals surface area contributed by atoms with Crippen molar-refractivity contribution in [2.45, 2.75) is 25.7 Å². The van der Waals surface area contributed by atoms with Gasteiger partial charge in [0.2, 0.25) is 0 Å². The van der Waals surface area contributed by atoms with E-state index < -0.39 is 12.9 Å². The quantitative estimate of drug-likeness (QED) is 0.771. The Labute approximate surface area is 100 Å². The Morgan fingerprint density at radius 2 is 2.00 bits per heavy atom. The van der Waals surface area contributed by atoms with Crippen LogP contribution in [0.2, 0.25) is 0 Å². The zero-order valence-electron chi connectivity index (χ0n) is 9.60. The van der Waals surface area contributed by atoms with Crippen LogP contribution in [0, 0.1) is 11.7 Å². The third kappa shape index (κ3) is 3.20. The van der Waals surface area contributed by atoms with Crippen molar-refractivity contribution < 1.29 is 19.2 Å². The van der Waals surface area contributed by atoms with Gasteiger partial charge in [-0.2, -0.15) is 0 Å². The average Bonchev–Trinajstić information content (AvgIpc) is 2.80. The molecule has 1 fully saturated rings. The molecule has 0 aromatic heterocycles. The Morgan fingerprint density at radius 1 is 1.29 bits per heavy atom. The summed E-state index contributed by atoms with van der Waals surface area (Å²) < 4.78 is 18.5. The first-order valence-electron chi connectivity index (χ1n) is 5.95. The lowest BCUT2D eigenvalue weighted by Crippen LogP contribution is -2.32. The van der Waals surface area contributed by atoms with E-state index in [2.05, 4.69) is 0 Å². The fraction of sp³-hybridized carbons (Fsp3) is 0.500. The molecule has 1 aliphatic rings. The second-order valence-electron chi connectivity index (χ2n) is 4.52. The highest BCUT2D eigenvalue weighted by atomic mass is 19.1. The molecule has 1 aromatic carbocycles. The number of ether oxygens (including phenoxy) is 1. The summed E-state index contributed by atoms with van der Waals surface area (Å²) in [7, 11) is -1.70. The van der Waals surface area contributed by atoms with Crippen molar-refractivity contribution >= 4 is 12.6 Å². The van der Waals surface area contributed by atoms with E-state index in [4.69, 9.17) is 14.8 Å². The molecule has 1 aliphatic carbocycles. The van der Waals surface area contributed by atoms with Gasteiger partial charge >= 0.3 is 7.12 Å². The van der Waals surface area contributed by atoms with Crippen LogP contribution in [0.4, 0.5) is 4.39 Å². The molecule has 1 aromatic rings. The van der Waals surface area contributed by atoms with Gasteiger partial charge in [0.25, 0.3) is 0 Å². The molecular formula is C12H16BFO3. The van der Waals surface area contributed by atoms with E-state index in [0.717, 1.165) is 18.9 Å². The lowest BCUT2D eigenvalue weighted by molar-refractivity contribution is 0.252. The molecule has 1 saturated carbocycles. The van der Waals surface area contributed by atoms with Gasteiger partial charge in [-0.05, 0) is 37.0 Å². The summed E-state index contributed by atoms with van der Waals surface area (Å²) in [6.45, 7) is 0.561. The number of benzene rings is 1. The van der Waals surface area contributed by atoms with Gasteiger partial charge in [-0.25, -0.2) is 4.39 Å². The van der Waals surface area contributed by atoms with Crippen molar-refractivity contribution in [1.29, 1.82) is 0 Å². The Balaban J connectivity index is 2.03. The van der Waals surface area contributed by atoms with Crippen molar-refractivity contribution in [3.63, 3.8) is 0 Å². The predicted molar refractivity (Wildman–Crippen MR) is 63.7 cm³/mol. The second-order valence-corrected chi connectivity index (χ2v) is 4.52. The molecule has 92 valence electrons.